The highest BCUT2D eigenvalue weighted by molar-refractivity contribution is 6.04. The molecule has 1 N–H and O–H groups in total. The van der Waals surface area contributed by atoms with E-state index in [1.54, 1.807) is 36.7 Å². The van der Waals surface area contributed by atoms with Crippen LogP contribution in [0.2, 0.25) is 0 Å². The Morgan fingerprint density at radius 1 is 1.00 bits per heavy atom. The van der Waals surface area contributed by atoms with E-state index in [4.69, 9.17) is 0 Å². The molecule has 0 bridgehead atoms. The molecule has 6 heteroatoms. The summed E-state index contributed by atoms with van der Waals surface area (Å²) < 4.78 is 0. The Balaban J connectivity index is 1.66. The van der Waals surface area contributed by atoms with Crippen LogP contribution in [0.1, 0.15) is 40.5 Å². The van der Waals surface area contributed by atoms with E-state index in [-0.39, 0.29) is 11.7 Å². The third kappa shape index (κ3) is 3.53. The first-order valence-electron chi connectivity index (χ1n) is 7.63. The summed E-state index contributed by atoms with van der Waals surface area (Å²) in [6, 6.07) is 6.78. The van der Waals surface area contributed by atoms with Crippen LogP contribution in [0.4, 0.5) is 11.6 Å². The second-order valence-electron chi connectivity index (χ2n) is 5.55. The minimum Gasteiger partial charge on any atom is -0.341 e. The molecule has 0 spiro atoms. The highest BCUT2D eigenvalue weighted by atomic mass is 16.1. The Morgan fingerprint density at radius 3 is 2.17 bits per heavy atom. The molecule has 6 nitrogen and oxygen atoms in total. The Bertz CT molecular complexity index is 704. The predicted octanol–water partition coefficient (Wildman–Crippen LogP) is 2.53. The number of carbonyl (C=O) groups excluding carboxylic acids is 2. The number of hydrogen-bond donors (Lipinski definition) is 1. The summed E-state index contributed by atoms with van der Waals surface area (Å²) in [6.45, 7) is 3.44. The average molecular weight is 310 g/mol. The molecule has 1 aromatic heterocycles. The summed E-state index contributed by atoms with van der Waals surface area (Å²) in [6.07, 6.45) is 5.39. The van der Waals surface area contributed by atoms with E-state index >= 15 is 0 Å². The van der Waals surface area contributed by atoms with E-state index in [1.807, 2.05) is 0 Å². The van der Waals surface area contributed by atoms with Gasteiger partial charge in [-0.3, -0.25) is 9.59 Å². The maximum atomic E-state index is 12.2. The van der Waals surface area contributed by atoms with Crippen LogP contribution in [-0.4, -0.2) is 34.7 Å². The smallest absolute Gasteiger partial charge is 0.258 e. The van der Waals surface area contributed by atoms with Gasteiger partial charge in [-0.05, 0) is 44.0 Å². The third-order valence-electron chi connectivity index (χ3n) is 3.84. The number of nitrogens with one attached hydrogen (secondary N) is 1. The lowest BCUT2D eigenvalue weighted by Gasteiger charge is -2.14. The summed E-state index contributed by atoms with van der Waals surface area (Å²) in [7, 11) is 0. The van der Waals surface area contributed by atoms with Crippen molar-refractivity contribution >= 4 is 23.3 Å². The van der Waals surface area contributed by atoms with E-state index in [2.05, 4.69) is 20.2 Å². The molecule has 1 fully saturated rings. The van der Waals surface area contributed by atoms with Crippen LogP contribution in [-0.2, 0) is 0 Å². The lowest BCUT2D eigenvalue weighted by molar-refractivity contribution is 0.101. The van der Waals surface area contributed by atoms with E-state index in [0.29, 0.717) is 22.8 Å². The first kappa shape index (κ1) is 15.1. The van der Waals surface area contributed by atoms with Gasteiger partial charge in [0.25, 0.3) is 5.91 Å². The van der Waals surface area contributed by atoms with Crippen molar-refractivity contribution in [2.75, 3.05) is 23.3 Å². The SMILES string of the molecule is CC(=O)c1ccc(NC(=O)c2cnc(N3CCCC3)nc2)cc1. The maximum Gasteiger partial charge on any atom is 0.258 e. The minimum absolute atomic E-state index is 0.00576. The lowest BCUT2D eigenvalue weighted by atomic mass is 10.1. The van der Waals surface area contributed by atoms with Crippen molar-refractivity contribution in [2.45, 2.75) is 19.8 Å². The van der Waals surface area contributed by atoms with Crippen molar-refractivity contribution < 1.29 is 9.59 Å². The molecule has 2 heterocycles. The molecule has 0 atom stereocenters. The first-order chi connectivity index (χ1) is 11.1. The maximum absolute atomic E-state index is 12.2. The van der Waals surface area contributed by atoms with E-state index in [9.17, 15) is 9.59 Å². The van der Waals surface area contributed by atoms with Gasteiger partial charge in [0.2, 0.25) is 5.95 Å². The third-order valence-corrected chi connectivity index (χ3v) is 3.84. The molecule has 3 rings (SSSR count). The van der Waals surface area contributed by atoms with Gasteiger partial charge in [0.1, 0.15) is 0 Å². The van der Waals surface area contributed by atoms with Gasteiger partial charge >= 0.3 is 0 Å². The summed E-state index contributed by atoms with van der Waals surface area (Å²) >= 11 is 0. The molecular weight excluding hydrogens is 292 g/mol. The topological polar surface area (TPSA) is 75.2 Å². The molecule has 1 aliphatic heterocycles. The fraction of sp³-hybridized carbons (Fsp3) is 0.294. The number of aromatic nitrogens is 2. The van der Waals surface area contributed by atoms with Crippen molar-refractivity contribution in [3.05, 3.63) is 47.8 Å². The molecule has 0 saturated carbocycles. The number of ketones is 1. The second-order valence-corrected chi connectivity index (χ2v) is 5.55. The number of amides is 1. The van der Waals surface area contributed by atoms with Gasteiger partial charge in [0.05, 0.1) is 5.56 Å². The molecule has 0 aliphatic carbocycles. The van der Waals surface area contributed by atoms with Crippen molar-refractivity contribution in [3.8, 4) is 0 Å². The molecule has 0 unspecified atom stereocenters. The monoisotopic (exact) mass is 310 g/mol. The fourth-order valence-corrected chi connectivity index (χ4v) is 2.51. The highest BCUT2D eigenvalue weighted by Crippen LogP contribution is 2.16. The fourth-order valence-electron chi connectivity index (χ4n) is 2.51. The number of nitrogens with zero attached hydrogens (tertiary/aromatic N) is 3. The zero-order valence-corrected chi connectivity index (χ0v) is 13.0. The molecule has 1 aromatic carbocycles. The normalized spacial score (nSPS) is 13.9. The molecule has 0 radical (unpaired) electrons. The zero-order chi connectivity index (χ0) is 16.2. The van der Waals surface area contributed by atoms with Crippen molar-refractivity contribution in [1.29, 1.82) is 0 Å². The highest BCUT2D eigenvalue weighted by Gasteiger charge is 2.15. The molecule has 1 saturated heterocycles. The molecule has 2 aromatic rings. The van der Waals surface area contributed by atoms with Gasteiger partial charge in [0, 0.05) is 36.7 Å². The predicted molar refractivity (Wildman–Crippen MR) is 87.9 cm³/mol. The van der Waals surface area contributed by atoms with Crippen molar-refractivity contribution in [3.63, 3.8) is 0 Å². The Hall–Kier alpha value is -2.76. The lowest BCUT2D eigenvalue weighted by Crippen LogP contribution is -2.21. The van der Waals surface area contributed by atoms with Crippen LogP contribution < -0.4 is 10.2 Å². The van der Waals surface area contributed by atoms with Crippen LogP contribution in [0.15, 0.2) is 36.7 Å². The van der Waals surface area contributed by atoms with Gasteiger partial charge in [-0.25, -0.2) is 9.97 Å². The molecule has 1 aliphatic rings. The van der Waals surface area contributed by atoms with Crippen molar-refractivity contribution in [2.24, 2.45) is 0 Å². The van der Waals surface area contributed by atoms with E-state index in [0.717, 1.165) is 25.9 Å². The Morgan fingerprint density at radius 2 is 1.61 bits per heavy atom. The van der Waals surface area contributed by atoms with E-state index in [1.165, 1.54) is 6.92 Å². The Labute approximate surface area is 134 Å². The van der Waals surface area contributed by atoms with Gasteiger partial charge in [-0.15, -0.1) is 0 Å². The molecule has 118 valence electrons. The first-order valence-corrected chi connectivity index (χ1v) is 7.63. The minimum atomic E-state index is -0.270. The number of hydrogen-bond acceptors (Lipinski definition) is 5. The standard InChI is InChI=1S/C17H18N4O2/c1-12(22)13-4-6-15(7-5-13)20-16(23)14-10-18-17(19-11-14)21-8-2-3-9-21/h4-7,10-11H,2-3,8-9H2,1H3,(H,20,23). The van der Waals surface area contributed by atoms with Gasteiger partial charge < -0.3 is 10.2 Å². The number of Topliss-reactive ketones (excluding diaryl/α,β-unsaturated/α-hetero) is 1. The molecule has 23 heavy (non-hydrogen) atoms. The zero-order valence-electron chi connectivity index (χ0n) is 13.0. The Kier molecular flexibility index (Phi) is 4.32. The molecular formula is C17H18N4O2. The quantitative estimate of drug-likeness (QED) is 0.878. The van der Waals surface area contributed by atoms with Gasteiger partial charge in [-0.2, -0.15) is 0 Å². The number of benzene rings is 1. The number of anilines is 2. The second kappa shape index (κ2) is 6.56. The number of rotatable bonds is 4. The van der Waals surface area contributed by atoms with Gasteiger partial charge in [0.15, 0.2) is 5.78 Å². The van der Waals surface area contributed by atoms with Crippen LogP contribution >= 0.6 is 0 Å². The van der Waals surface area contributed by atoms with Gasteiger partial charge in [-0.1, -0.05) is 0 Å². The summed E-state index contributed by atoms with van der Waals surface area (Å²) in [5.41, 5.74) is 1.65. The van der Waals surface area contributed by atoms with Crippen LogP contribution in [0.25, 0.3) is 0 Å². The van der Waals surface area contributed by atoms with Crippen LogP contribution in [0, 0.1) is 0 Å². The van der Waals surface area contributed by atoms with Crippen molar-refractivity contribution in [1.82, 2.24) is 9.97 Å². The summed E-state index contributed by atoms with van der Waals surface area (Å²) in [4.78, 5) is 34.1. The average Bonchev–Trinajstić information content (AvgIpc) is 3.10. The molecule has 1 amide bonds. The summed E-state index contributed by atoms with van der Waals surface area (Å²) in [5.74, 6) is 0.396. The largest absolute Gasteiger partial charge is 0.341 e. The number of carbonyl (C=O) groups is 2. The van der Waals surface area contributed by atoms with Crippen LogP contribution in [0.3, 0.4) is 0 Å². The summed E-state index contributed by atoms with van der Waals surface area (Å²) in [5, 5.41) is 2.77. The van der Waals surface area contributed by atoms with E-state index < -0.39 is 0 Å². The van der Waals surface area contributed by atoms with Crippen LogP contribution in [0.5, 0.6) is 0 Å².